The number of halogens is 1. The summed E-state index contributed by atoms with van der Waals surface area (Å²) in [6.45, 7) is 2.56. The number of alkyl halides is 1. The van der Waals surface area contributed by atoms with Crippen molar-refractivity contribution in [2.24, 2.45) is 0 Å². The minimum absolute atomic E-state index is 0.0630. The molecule has 1 rings (SSSR count). The minimum Gasteiger partial charge on any atom is -0.480 e. The van der Waals surface area contributed by atoms with Gasteiger partial charge in [-0.15, -0.1) is 11.6 Å². The second-order valence-corrected chi connectivity index (χ2v) is 3.35. The number of nitrogens with zero attached hydrogens (tertiary/aromatic N) is 2. The van der Waals surface area contributed by atoms with E-state index in [2.05, 4.69) is 15.3 Å². The van der Waals surface area contributed by atoms with E-state index in [9.17, 15) is 0 Å². The molecule has 0 fully saturated rings. The molecule has 72 valence electrons. The highest BCUT2D eigenvalue weighted by atomic mass is 35.5. The first-order chi connectivity index (χ1) is 6.22. The van der Waals surface area contributed by atoms with Gasteiger partial charge in [-0.1, -0.05) is 0 Å². The summed E-state index contributed by atoms with van der Waals surface area (Å²) in [7, 11) is 1.55. The number of rotatable bonds is 4. The third-order valence-electron chi connectivity index (χ3n) is 1.39. The molecule has 0 aliphatic rings. The highest BCUT2D eigenvalue weighted by Crippen LogP contribution is 2.08. The van der Waals surface area contributed by atoms with E-state index in [-0.39, 0.29) is 5.38 Å². The first-order valence-corrected chi connectivity index (χ1v) is 4.40. The number of hydrogen-bond donors (Lipinski definition) is 1. The molecule has 0 saturated carbocycles. The van der Waals surface area contributed by atoms with Crippen molar-refractivity contribution >= 4 is 17.4 Å². The summed E-state index contributed by atoms with van der Waals surface area (Å²) >= 11 is 5.76. The molecule has 1 N–H and O–H groups in total. The summed E-state index contributed by atoms with van der Waals surface area (Å²) in [6, 6.07) is 0. The molecule has 0 saturated heterocycles. The first-order valence-electron chi connectivity index (χ1n) is 3.96. The van der Waals surface area contributed by atoms with Crippen LogP contribution < -0.4 is 10.1 Å². The fraction of sp³-hybridized carbons (Fsp3) is 0.500. The van der Waals surface area contributed by atoms with Crippen LogP contribution in [0.3, 0.4) is 0 Å². The van der Waals surface area contributed by atoms with Crippen molar-refractivity contribution in [3.8, 4) is 5.88 Å². The molecule has 5 heteroatoms. The van der Waals surface area contributed by atoms with Gasteiger partial charge < -0.3 is 10.1 Å². The van der Waals surface area contributed by atoms with Crippen LogP contribution in [-0.4, -0.2) is 29.0 Å². The van der Waals surface area contributed by atoms with Gasteiger partial charge in [-0.2, -0.15) is 4.98 Å². The highest BCUT2D eigenvalue weighted by molar-refractivity contribution is 6.20. The number of ether oxygens (including phenoxy) is 1. The summed E-state index contributed by atoms with van der Waals surface area (Å²) in [6.07, 6.45) is 3.18. The molecule has 0 aliphatic carbocycles. The van der Waals surface area contributed by atoms with E-state index in [1.807, 2.05) is 6.92 Å². The fourth-order valence-corrected chi connectivity index (χ4v) is 0.854. The van der Waals surface area contributed by atoms with Crippen LogP contribution in [0.5, 0.6) is 5.88 Å². The Hall–Kier alpha value is -1.03. The molecule has 0 aromatic carbocycles. The van der Waals surface area contributed by atoms with Crippen LogP contribution in [0.25, 0.3) is 0 Å². The Morgan fingerprint density at radius 3 is 3.00 bits per heavy atom. The maximum Gasteiger partial charge on any atom is 0.233 e. The van der Waals surface area contributed by atoms with E-state index in [0.29, 0.717) is 18.2 Å². The fourth-order valence-electron chi connectivity index (χ4n) is 0.777. The molecule has 1 heterocycles. The van der Waals surface area contributed by atoms with Crippen LogP contribution >= 0.6 is 11.6 Å². The molecule has 1 aromatic rings. The Morgan fingerprint density at radius 2 is 2.38 bits per heavy atom. The molecule has 1 aromatic heterocycles. The third kappa shape index (κ3) is 3.46. The average Bonchev–Trinajstić information content (AvgIpc) is 2.15. The van der Waals surface area contributed by atoms with Crippen molar-refractivity contribution in [2.75, 3.05) is 19.0 Å². The summed E-state index contributed by atoms with van der Waals surface area (Å²) in [5, 5.41) is 3.10. The molecule has 0 amide bonds. The van der Waals surface area contributed by atoms with Gasteiger partial charge in [-0.25, -0.2) is 0 Å². The van der Waals surface area contributed by atoms with E-state index >= 15 is 0 Å². The number of anilines is 1. The van der Waals surface area contributed by atoms with Crippen molar-refractivity contribution in [1.29, 1.82) is 0 Å². The predicted molar refractivity (Wildman–Crippen MR) is 52.4 cm³/mol. The lowest BCUT2D eigenvalue weighted by Crippen LogP contribution is -2.11. The molecule has 1 atom stereocenters. The van der Waals surface area contributed by atoms with E-state index in [0.717, 1.165) is 0 Å². The molecule has 4 nitrogen and oxygen atoms in total. The molecule has 0 radical (unpaired) electrons. The SMILES string of the molecule is COc1cncc(NCC(C)Cl)n1. The molecule has 1 unspecified atom stereocenters. The van der Waals surface area contributed by atoms with Crippen molar-refractivity contribution in [3.05, 3.63) is 12.4 Å². The Morgan fingerprint density at radius 1 is 1.62 bits per heavy atom. The van der Waals surface area contributed by atoms with Crippen LogP contribution in [0, 0.1) is 0 Å². The summed E-state index contributed by atoms with van der Waals surface area (Å²) < 4.78 is 4.92. The normalized spacial score (nSPS) is 12.2. The first kappa shape index (κ1) is 10.1. The molecule has 13 heavy (non-hydrogen) atoms. The van der Waals surface area contributed by atoms with E-state index in [4.69, 9.17) is 16.3 Å². The Bertz CT molecular complexity index is 267. The average molecular weight is 202 g/mol. The summed E-state index contributed by atoms with van der Waals surface area (Å²) in [5.74, 6) is 1.17. The Labute approximate surface area is 82.3 Å². The zero-order valence-corrected chi connectivity index (χ0v) is 8.38. The largest absolute Gasteiger partial charge is 0.480 e. The van der Waals surface area contributed by atoms with Crippen molar-refractivity contribution in [3.63, 3.8) is 0 Å². The monoisotopic (exact) mass is 201 g/mol. The Balaban J connectivity index is 2.56. The second-order valence-electron chi connectivity index (χ2n) is 2.61. The van der Waals surface area contributed by atoms with Crippen LogP contribution in [0.2, 0.25) is 0 Å². The zero-order chi connectivity index (χ0) is 9.68. The maximum atomic E-state index is 5.76. The topological polar surface area (TPSA) is 47.0 Å². The van der Waals surface area contributed by atoms with Gasteiger partial charge in [0.15, 0.2) is 0 Å². The molecule has 0 bridgehead atoms. The molecule has 0 aliphatic heterocycles. The lowest BCUT2D eigenvalue weighted by atomic mass is 10.4. The van der Waals surface area contributed by atoms with Gasteiger partial charge in [-0.05, 0) is 6.92 Å². The van der Waals surface area contributed by atoms with Gasteiger partial charge in [0.25, 0.3) is 0 Å². The minimum atomic E-state index is 0.0630. The van der Waals surface area contributed by atoms with E-state index in [1.54, 1.807) is 19.5 Å². The van der Waals surface area contributed by atoms with Crippen molar-refractivity contribution in [1.82, 2.24) is 9.97 Å². The van der Waals surface area contributed by atoms with Crippen LogP contribution in [0.15, 0.2) is 12.4 Å². The predicted octanol–water partition coefficient (Wildman–Crippen LogP) is 1.52. The number of methoxy groups -OCH3 is 1. The van der Waals surface area contributed by atoms with Crippen LogP contribution in [-0.2, 0) is 0 Å². The van der Waals surface area contributed by atoms with Gasteiger partial charge in [0.1, 0.15) is 5.82 Å². The van der Waals surface area contributed by atoms with Gasteiger partial charge in [-0.3, -0.25) is 4.98 Å². The van der Waals surface area contributed by atoms with Crippen molar-refractivity contribution < 1.29 is 4.74 Å². The molecular formula is C8H12ClN3O. The standard InChI is InChI=1S/C8H12ClN3O/c1-6(9)3-11-7-4-10-5-8(12-7)13-2/h4-6H,3H2,1-2H3,(H,11,12). The summed E-state index contributed by atoms with van der Waals surface area (Å²) in [5.41, 5.74) is 0. The lowest BCUT2D eigenvalue weighted by Gasteiger charge is -2.06. The molecule has 0 spiro atoms. The highest BCUT2D eigenvalue weighted by Gasteiger charge is 1.99. The van der Waals surface area contributed by atoms with Crippen LogP contribution in [0.4, 0.5) is 5.82 Å². The third-order valence-corrected chi connectivity index (χ3v) is 1.54. The maximum absolute atomic E-state index is 5.76. The number of nitrogens with one attached hydrogen (secondary N) is 1. The Kier molecular flexibility index (Phi) is 3.76. The molecular weight excluding hydrogens is 190 g/mol. The second kappa shape index (κ2) is 4.87. The number of hydrogen-bond acceptors (Lipinski definition) is 4. The van der Waals surface area contributed by atoms with Gasteiger partial charge in [0, 0.05) is 11.9 Å². The smallest absolute Gasteiger partial charge is 0.233 e. The zero-order valence-electron chi connectivity index (χ0n) is 7.62. The van der Waals surface area contributed by atoms with Crippen molar-refractivity contribution in [2.45, 2.75) is 12.3 Å². The van der Waals surface area contributed by atoms with Gasteiger partial charge in [0.05, 0.1) is 19.5 Å². The van der Waals surface area contributed by atoms with Crippen LogP contribution in [0.1, 0.15) is 6.92 Å². The van der Waals surface area contributed by atoms with Gasteiger partial charge in [0.2, 0.25) is 5.88 Å². The lowest BCUT2D eigenvalue weighted by molar-refractivity contribution is 0.396. The van der Waals surface area contributed by atoms with E-state index < -0.39 is 0 Å². The van der Waals surface area contributed by atoms with E-state index in [1.165, 1.54) is 0 Å². The summed E-state index contributed by atoms with van der Waals surface area (Å²) in [4.78, 5) is 8.05. The quantitative estimate of drug-likeness (QED) is 0.751. The van der Waals surface area contributed by atoms with Gasteiger partial charge >= 0.3 is 0 Å². The number of aromatic nitrogens is 2.